The molecule has 0 unspecified atom stereocenters. The monoisotopic (exact) mass is 297 g/mol. The molecule has 0 saturated heterocycles. The van der Waals surface area contributed by atoms with E-state index in [0.29, 0.717) is 13.1 Å². The van der Waals surface area contributed by atoms with Gasteiger partial charge < -0.3 is 0 Å². The van der Waals surface area contributed by atoms with E-state index in [1.165, 1.54) is 33.4 Å². The molecule has 1 aliphatic heterocycles. The smallest absolute Gasteiger partial charge is 0.207 e. The lowest BCUT2D eigenvalue weighted by Gasteiger charge is -2.26. The topological polar surface area (TPSA) is 37.4 Å². The fourth-order valence-electron chi connectivity index (χ4n) is 2.18. The Morgan fingerprint density at radius 2 is 1.89 bits per heavy atom. The van der Waals surface area contributed by atoms with Crippen molar-refractivity contribution >= 4 is 21.4 Å². The molecule has 0 spiro atoms. The van der Waals surface area contributed by atoms with Crippen molar-refractivity contribution in [2.75, 3.05) is 6.54 Å². The Kier molecular flexibility index (Phi) is 3.16. The molecule has 0 radical (unpaired) electrons. The van der Waals surface area contributed by atoms with E-state index in [9.17, 15) is 12.8 Å². The third-order valence-corrected chi connectivity index (χ3v) is 6.11. The van der Waals surface area contributed by atoms with Crippen molar-refractivity contribution in [1.29, 1.82) is 0 Å². The summed E-state index contributed by atoms with van der Waals surface area (Å²) in [6, 6.07) is 6.94. The van der Waals surface area contributed by atoms with Crippen LogP contribution in [-0.4, -0.2) is 19.3 Å². The Bertz CT molecular complexity index is 692. The van der Waals surface area contributed by atoms with Crippen LogP contribution in [0.2, 0.25) is 0 Å². The second kappa shape index (κ2) is 4.70. The van der Waals surface area contributed by atoms with Gasteiger partial charge in [-0.3, -0.25) is 0 Å². The first-order valence-corrected chi connectivity index (χ1v) is 8.20. The third-order valence-electron chi connectivity index (χ3n) is 3.22. The van der Waals surface area contributed by atoms with Gasteiger partial charge in [0.05, 0.1) is 4.90 Å². The molecule has 0 aliphatic carbocycles. The zero-order chi connectivity index (χ0) is 13.5. The zero-order valence-corrected chi connectivity index (χ0v) is 11.7. The second-order valence-corrected chi connectivity index (χ2v) is 7.35. The number of rotatable bonds is 2. The third kappa shape index (κ3) is 2.31. The van der Waals surface area contributed by atoms with Crippen LogP contribution in [0.15, 0.2) is 40.6 Å². The van der Waals surface area contributed by atoms with Crippen LogP contribution in [0.5, 0.6) is 0 Å². The highest BCUT2D eigenvalue weighted by Gasteiger charge is 2.28. The Hall–Kier alpha value is -1.24. The van der Waals surface area contributed by atoms with Crippen LogP contribution >= 0.6 is 11.3 Å². The lowest BCUT2D eigenvalue weighted by molar-refractivity contribution is 0.394. The number of nitrogens with zero attached hydrogens (tertiary/aromatic N) is 1. The van der Waals surface area contributed by atoms with Gasteiger partial charge in [0.25, 0.3) is 0 Å². The van der Waals surface area contributed by atoms with E-state index < -0.39 is 15.8 Å². The molecule has 0 amide bonds. The van der Waals surface area contributed by atoms with Crippen LogP contribution < -0.4 is 0 Å². The van der Waals surface area contributed by atoms with Gasteiger partial charge in [0.1, 0.15) is 5.82 Å². The van der Waals surface area contributed by atoms with Gasteiger partial charge in [0.15, 0.2) is 0 Å². The molecule has 0 N–H and O–H groups in total. The first-order chi connectivity index (χ1) is 9.07. The van der Waals surface area contributed by atoms with E-state index in [2.05, 4.69) is 0 Å². The fourth-order valence-corrected chi connectivity index (χ4v) is 4.49. The number of hydrogen-bond acceptors (Lipinski definition) is 3. The molecule has 100 valence electrons. The minimum atomic E-state index is -3.53. The van der Waals surface area contributed by atoms with E-state index in [1.807, 2.05) is 11.4 Å². The molecular formula is C13H12FNO2S2. The molecule has 2 aromatic rings. The molecule has 2 heterocycles. The van der Waals surface area contributed by atoms with Crippen LogP contribution in [0.3, 0.4) is 0 Å². The van der Waals surface area contributed by atoms with Crippen molar-refractivity contribution in [3.05, 3.63) is 52.0 Å². The van der Waals surface area contributed by atoms with Gasteiger partial charge in [-0.05, 0) is 47.7 Å². The average molecular weight is 297 g/mol. The van der Waals surface area contributed by atoms with Crippen LogP contribution in [0.4, 0.5) is 4.39 Å². The van der Waals surface area contributed by atoms with Crippen LogP contribution in [0.25, 0.3) is 0 Å². The minimum absolute atomic E-state index is 0.146. The van der Waals surface area contributed by atoms with E-state index >= 15 is 0 Å². The summed E-state index contributed by atoms with van der Waals surface area (Å²) in [6.45, 7) is 0.881. The van der Waals surface area contributed by atoms with Gasteiger partial charge in [-0.2, -0.15) is 4.31 Å². The molecule has 1 aromatic heterocycles. The Morgan fingerprint density at radius 3 is 2.63 bits per heavy atom. The maximum absolute atomic E-state index is 12.9. The van der Waals surface area contributed by atoms with Crippen molar-refractivity contribution < 1.29 is 12.8 Å². The van der Waals surface area contributed by atoms with Crippen molar-refractivity contribution in [3.63, 3.8) is 0 Å². The number of thiophene rings is 1. The summed E-state index contributed by atoms with van der Waals surface area (Å²) >= 11 is 1.66. The van der Waals surface area contributed by atoms with Crippen molar-refractivity contribution in [3.8, 4) is 0 Å². The Balaban J connectivity index is 1.92. The van der Waals surface area contributed by atoms with Crippen LogP contribution in [0.1, 0.15) is 10.4 Å². The Morgan fingerprint density at radius 1 is 1.16 bits per heavy atom. The van der Waals surface area contributed by atoms with Crippen molar-refractivity contribution in [2.45, 2.75) is 17.9 Å². The van der Waals surface area contributed by atoms with Gasteiger partial charge in [-0.25, -0.2) is 12.8 Å². The first kappa shape index (κ1) is 12.8. The molecule has 0 bridgehead atoms. The van der Waals surface area contributed by atoms with Crippen molar-refractivity contribution in [2.24, 2.45) is 0 Å². The van der Waals surface area contributed by atoms with Gasteiger partial charge >= 0.3 is 0 Å². The maximum Gasteiger partial charge on any atom is 0.243 e. The summed E-state index contributed by atoms with van der Waals surface area (Å²) in [6.07, 6.45) is 0.743. The standard InChI is InChI=1S/C13H12FNO2S2/c14-11-1-3-12(4-2-11)19(16,17)15-7-5-13-10(9-15)6-8-18-13/h1-4,6,8H,5,7,9H2. The summed E-state index contributed by atoms with van der Waals surface area (Å²) in [5, 5.41) is 1.98. The van der Waals surface area contributed by atoms with Crippen molar-refractivity contribution in [1.82, 2.24) is 4.31 Å². The molecular weight excluding hydrogens is 285 g/mol. The molecule has 1 aliphatic rings. The van der Waals surface area contributed by atoms with E-state index in [1.54, 1.807) is 11.3 Å². The molecule has 3 nitrogen and oxygen atoms in total. The van der Waals surface area contributed by atoms with Gasteiger partial charge in [0, 0.05) is 18.0 Å². The minimum Gasteiger partial charge on any atom is -0.207 e. The van der Waals surface area contributed by atoms with Gasteiger partial charge in [0.2, 0.25) is 10.0 Å². The summed E-state index contributed by atoms with van der Waals surface area (Å²) in [7, 11) is -3.53. The number of halogens is 1. The molecule has 6 heteroatoms. The number of hydrogen-bond donors (Lipinski definition) is 0. The quantitative estimate of drug-likeness (QED) is 0.854. The van der Waals surface area contributed by atoms with E-state index in [4.69, 9.17) is 0 Å². The van der Waals surface area contributed by atoms with Crippen LogP contribution in [-0.2, 0) is 23.0 Å². The molecule has 0 fully saturated rings. The van der Waals surface area contributed by atoms with Gasteiger partial charge in [-0.15, -0.1) is 11.3 Å². The van der Waals surface area contributed by atoms with E-state index in [-0.39, 0.29) is 4.90 Å². The number of fused-ring (bicyclic) bond motifs is 1. The molecule has 1 aromatic carbocycles. The molecule has 3 rings (SSSR count). The predicted molar refractivity (Wildman–Crippen MR) is 72.0 cm³/mol. The van der Waals surface area contributed by atoms with Gasteiger partial charge in [-0.1, -0.05) is 0 Å². The lowest BCUT2D eigenvalue weighted by Crippen LogP contribution is -2.35. The predicted octanol–water partition coefficient (Wildman–Crippen LogP) is 2.63. The normalized spacial score (nSPS) is 16.3. The Labute approximate surface area is 115 Å². The highest BCUT2D eigenvalue weighted by atomic mass is 32.2. The fraction of sp³-hybridized carbons (Fsp3) is 0.231. The first-order valence-electron chi connectivity index (χ1n) is 5.88. The maximum atomic E-state index is 12.9. The van der Waals surface area contributed by atoms with E-state index in [0.717, 1.165) is 12.0 Å². The lowest BCUT2D eigenvalue weighted by atomic mass is 10.1. The second-order valence-electron chi connectivity index (χ2n) is 4.41. The largest absolute Gasteiger partial charge is 0.243 e. The molecule has 19 heavy (non-hydrogen) atoms. The summed E-state index contributed by atoms with van der Waals surface area (Å²) < 4.78 is 39.2. The zero-order valence-electron chi connectivity index (χ0n) is 10.0. The summed E-state index contributed by atoms with van der Waals surface area (Å²) in [4.78, 5) is 1.40. The average Bonchev–Trinajstić information content (AvgIpc) is 2.86. The number of sulfonamides is 1. The SMILES string of the molecule is O=S(=O)(c1ccc(F)cc1)N1CCc2sccc2C1. The molecule has 0 atom stereocenters. The summed E-state index contributed by atoms with van der Waals surface area (Å²) in [5.74, 6) is -0.433. The highest BCUT2D eigenvalue weighted by molar-refractivity contribution is 7.89. The summed E-state index contributed by atoms with van der Waals surface area (Å²) in [5.41, 5.74) is 1.07. The highest BCUT2D eigenvalue weighted by Crippen LogP contribution is 2.28. The number of benzene rings is 1. The molecule has 0 saturated carbocycles. The van der Waals surface area contributed by atoms with Crippen LogP contribution in [0, 0.1) is 5.82 Å².